The zero-order valence-corrected chi connectivity index (χ0v) is 15.9. The Bertz CT molecular complexity index is 1120. The van der Waals surface area contributed by atoms with Crippen molar-refractivity contribution in [2.75, 3.05) is 0 Å². The van der Waals surface area contributed by atoms with E-state index < -0.39 is 42.6 Å². The molecule has 0 bridgehead atoms. The first-order valence-corrected chi connectivity index (χ1v) is 9.34. The van der Waals surface area contributed by atoms with Gasteiger partial charge in [-0.15, -0.1) is 0 Å². The van der Waals surface area contributed by atoms with Crippen LogP contribution in [0.1, 0.15) is 31.4 Å². The molecule has 0 radical (unpaired) electrons. The third-order valence-electron chi connectivity index (χ3n) is 5.23. The molecular weight excluding hydrogens is 399 g/mol. The summed E-state index contributed by atoms with van der Waals surface area (Å²) in [6, 6.07) is 9.97. The van der Waals surface area contributed by atoms with E-state index in [1.54, 1.807) is 6.07 Å². The largest absolute Gasteiger partial charge is 0.508 e. The molecule has 2 N–H and O–H groups in total. The summed E-state index contributed by atoms with van der Waals surface area (Å²) < 4.78 is 46.2. The maximum absolute atomic E-state index is 13.6. The highest BCUT2D eigenvalue weighted by molar-refractivity contribution is 6.01. The lowest BCUT2D eigenvalue weighted by molar-refractivity contribution is -0.144. The van der Waals surface area contributed by atoms with Crippen molar-refractivity contribution >= 4 is 16.7 Å². The van der Waals surface area contributed by atoms with Crippen LogP contribution in [-0.4, -0.2) is 33.2 Å². The number of alkyl halides is 2. The van der Waals surface area contributed by atoms with Gasteiger partial charge in [0.25, 0.3) is 0 Å². The Morgan fingerprint density at radius 3 is 2.43 bits per heavy atom. The van der Waals surface area contributed by atoms with Crippen molar-refractivity contribution in [3.63, 3.8) is 0 Å². The van der Waals surface area contributed by atoms with Crippen LogP contribution in [-0.2, 0) is 4.79 Å². The predicted molar refractivity (Wildman–Crippen MR) is 103 cm³/mol. The SMILES string of the molecule is CC(Oc1nc(C2CC(F)(F)C2)c(-c2ccc(F)cc2)c2ccc(O)cc12)C(=O)O. The van der Waals surface area contributed by atoms with Gasteiger partial charge in [-0.1, -0.05) is 12.1 Å². The second-order valence-electron chi connectivity index (χ2n) is 7.47. The number of phenolic OH excluding ortho intramolecular Hbond substituents is 1. The second-order valence-corrected chi connectivity index (χ2v) is 7.47. The molecule has 30 heavy (non-hydrogen) atoms. The third kappa shape index (κ3) is 3.65. The van der Waals surface area contributed by atoms with Crippen molar-refractivity contribution in [1.29, 1.82) is 0 Å². The van der Waals surface area contributed by atoms with Crippen LogP contribution >= 0.6 is 0 Å². The van der Waals surface area contributed by atoms with Crippen molar-refractivity contribution in [3.8, 4) is 22.8 Å². The Morgan fingerprint density at radius 1 is 1.17 bits per heavy atom. The fraction of sp³-hybridized carbons (Fsp3) is 0.273. The topological polar surface area (TPSA) is 79.7 Å². The van der Waals surface area contributed by atoms with E-state index in [0.29, 0.717) is 27.6 Å². The Labute approximate surface area is 169 Å². The number of aliphatic carboxylic acids is 1. The van der Waals surface area contributed by atoms with E-state index in [9.17, 15) is 28.2 Å². The summed E-state index contributed by atoms with van der Waals surface area (Å²) >= 11 is 0. The number of aromatic hydroxyl groups is 1. The monoisotopic (exact) mass is 417 g/mol. The van der Waals surface area contributed by atoms with Crippen LogP contribution in [0.15, 0.2) is 42.5 Å². The van der Waals surface area contributed by atoms with Crippen LogP contribution < -0.4 is 4.74 Å². The molecule has 1 saturated carbocycles. The highest BCUT2D eigenvalue weighted by Crippen LogP contribution is 2.52. The van der Waals surface area contributed by atoms with Gasteiger partial charge in [0.05, 0.1) is 5.69 Å². The molecule has 4 rings (SSSR count). The van der Waals surface area contributed by atoms with Gasteiger partial charge in [0.15, 0.2) is 6.10 Å². The number of nitrogens with zero attached hydrogens (tertiary/aromatic N) is 1. The van der Waals surface area contributed by atoms with Crippen molar-refractivity contribution in [2.24, 2.45) is 0 Å². The summed E-state index contributed by atoms with van der Waals surface area (Å²) in [5, 5.41) is 20.0. The number of benzene rings is 2. The molecule has 1 fully saturated rings. The first-order valence-electron chi connectivity index (χ1n) is 9.34. The van der Waals surface area contributed by atoms with Gasteiger partial charge in [-0.05, 0) is 48.2 Å². The first kappa shape index (κ1) is 20.0. The number of carboxylic acid groups (broad SMARTS) is 1. The zero-order chi connectivity index (χ0) is 21.6. The lowest BCUT2D eigenvalue weighted by atomic mass is 9.76. The van der Waals surface area contributed by atoms with Crippen molar-refractivity contribution in [3.05, 3.63) is 54.0 Å². The predicted octanol–water partition coefficient (Wildman–Crippen LogP) is 5.11. The minimum atomic E-state index is -2.80. The minimum Gasteiger partial charge on any atom is -0.508 e. The first-order chi connectivity index (χ1) is 14.1. The summed E-state index contributed by atoms with van der Waals surface area (Å²) in [7, 11) is 0. The van der Waals surface area contributed by atoms with Crippen LogP contribution in [0.2, 0.25) is 0 Å². The highest BCUT2D eigenvalue weighted by Gasteiger charge is 2.47. The molecule has 1 aliphatic carbocycles. The van der Waals surface area contributed by atoms with E-state index in [1.807, 2.05) is 0 Å². The number of carboxylic acids is 1. The number of carbonyl (C=O) groups is 1. The van der Waals surface area contributed by atoms with E-state index in [4.69, 9.17) is 4.74 Å². The van der Waals surface area contributed by atoms with Gasteiger partial charge in [0, 0.05) is 29.7 Å². The number of hydrogen-bond acceptors (Lipinski definition) is 4. The molecule has 0 saturated heterocycles. The van der Waals surface area contributed by atoms with E-state index in [2.05, 4.69) is 4.98 Å². The molecule has 1 atom stereocenters. The molecule has 1 aromatic heterocycles. The summed E-state index contributed by atoms with van der Waals surface area (Å²) in [5.41, 5.74) is 1.43. The van der Waals surface area contributed by atoms with Gasteiger partial charge < -0.3 is 14.9 Å². The molecule has 1 heterocycles. The van der Waals surface area contributed by atoms with Gasteiger partial charge in [0.2, 0.25) is 11.8 Å². The lowest BCUT2D eigenvalue weighted by Gasteiger charge is -2.36. The zero-order valence-electron chi connectivity index (χ0n) is 15.9. The maximum atomic E-state index is 13.6. The van der Waals surface area contributed by atoms with E-state index in [-0.39, 0.29) is 11.6 Å². The normalized spacial score (nSPS) is 16.8. The third-order valence-corrected chi connectivity index (χ3v) is 5.23. The molecular formula is C22H18F3NO4. The Hall–Kier alpha value is -3.29. The lowest BCUT2D eigenvalue weighted by Crippen LogP contribution is -2.34. The standard InChI is InChI=1S/C22H18F3NO4/c1-11(21(28)29)30-20-17-8-15(27)6-7-16(17)18(12-2-4-14(23)5-3-12)19(26-20)13-9-22(24,25)10-13/h2-8,11,13,27H,9-10H2,1H3,(H,28,29). The molecule has 1 unspecified atom stereocenters. The summed E-state index contributed by atoms with van der Waals surface area (Å²) in [4.78, 5) is 15.7. The van der Waals surface area contributed by atoms with Gasteiger partial charge in [0.1, 0.15) is 11.6 Å². The molecule has 1 aliphatic rings. The number of pyridine rings is 1. The van der Waals surface area contributed by atoms with Crippen LogP contribution in [0, 0.1) is 5.82 Å². The quantitative estimate of drug-likeness (QED) is 0.603. The maximum Gasteiger partial charge on any atom is 0.344 e. The average Bonchev–Trinajstić information content (AvgIpc) is 2.66. The van der Waals surface area contributed by atoms with Gasteiger partial charge in [-0.3, -0.25) is 0 Å². The molecule has 2 aromatic carbocycles. The molecule has 156 valence electrons. The van der Waals surface area contributed by atoms with Gasteiger partial charge in [-0.25, -0.2) is 22.9 Å². The number of phenols is 1. The van der Waals surface area contributed by atoms with Crippen molar-refractivity contribution in [1.82, 2.24) is 4.98 Å². The number of fused-ring (bicyclic) bond motifs is 1. The molecule has 3 aromatic rings. The second kappa shape index (κ2) is 7.19. The van der Waals surface area contributed by atoms with Gasteiger partial charge in [-0.2, -0.15) is 0 Å². The fourth-order valence-corrected chi connectivity index (χ4v) is 3.67. The molecule has 0 aliphatic heterocycles. The molecule has 8 heteroatoms. The van der Waals surface area contributed by atoms with Crippen LogP contribution in [0.3, 0.4) is 0 Å². The number of hydrogen-bond donors (Lipinski definition) is 2. The molecule has 0 amide bonds. The van der Waals surface area contributed by atoms with Crippen LogP contribution in [0.5, 0.6) is 11.6 Å². The number of aromatic nitrogens is 1. The summed E-state index contributed by atoms with van der Waals surface area (Å²) in [5.74, 6) is -5.19. The van der Waals surface area contributed by atoms with Crippen molar-refractivity contribution in [2.45, 2.75) is 37.7 Å². The molecule has 5 nitrogen and oxygen atoms in total. The summed E-state index contributed by atoms with van der Waals surface area (Å²) in [6.45, 7) is 1.32. The van der Waals surface area contributed by atoms with E-state index in [1.165, 1.54) is 43.3 Å². The van der Waals surface area contributed by atoms with E-state index >= 15 is 0 Å². The smallest absolute Gasteiger partial charge is 0.344 e. The average molecular weight is 417 g/mol. The number of ether oxygens (including phenoxy) is 1. The highest BCUT2D eigenvalue weighted by atomic mass is 19.3. The number of rotatable bonds is 5. The molecule has 0 spiro atoms. The van der Waals surface area contributed by atoms with Crippen LogP contribution in [0.25, 0.3) is 21.9 Å². The fourth-order valence-electron chi connectivity index (χ4n) is 3.67. The van der Waals surface area contributed by atoms with Gasteiger partial charge >= 0.3 is 5.97 Å². The van der Waals surface area contributed by atoms with Crippen molar-refractivity contribution < 1.29 is 32.9 Å². The Kier molecular flexibility index (Phi) is 4.80. The summed E-state index contributed by atoms with van der Waals surface area (Å²) in [6.07, 6.45) is -2.03. The number of halogens is 3. The Morgan fingerprint density at radius 2 is 1.83 bits per heavy atom. The minimum absolute atomic E-state index is 0.0631. The van der Waals surface area contributed by atoms with E-state index in [0.717, 1.165) is 0 Å². The Balaban J connectivity index is 1.97. The van der Waals surface area contributed by atoms with Crippen LogP contribution in [0.4, 0.5) is 13.2 Å².